The molecule has 1 aromatic heterocycles. The van der Waals surface area contributed by atoms with Gasteiger partial charge in [0, 0.05) is 25.9 Å². The van der Waals surface area contributed by atoms with Crippen LogP contribution in [0.3, 0.4) is 0 Å². The first-order valence-corrected chi connectivity index (χ1v) is 4.43. The lowest BCUT2D eigenvalue weighted by molar-refractivity contribution is -0.117. The Bertz CT molecular complexity index is 300. The number of aryl methyl sites for hydroxylation is 2. The number of rotatable bonds is 4. The van der Waals surface area contributed by atoms with Crippen molar-refractivity contribution in [1.29, 1.82) is 0 Å². The Morgan fingerprint density at radius 1 is 1.71 bits per heavy atom. The van der Waals surface area contributed by atoms with E-state index in [-0.39, 0.29) is 5.91 Å². The van der Waals surface area contributed by atoms with Gasteiger partial charge in [-0.2, -0.15) is 5.10 Å². The summed E-state index contributed by atoms with van der Waals surface area (Å²) in [4.78, 5) is 11.3. The Labute approximate surface area is 83.1 Å². The zero-order valence-corrected chi connectivity index (χ0v) is 8.70. The lowest BCUT2D eigenvalue weighted by Gasteiger charge is -1.99. The highest BCUT2D eigenvalue weighted by Crippen LogP contribution is 2.06. The lowest BCUT2D eigenvalue weighted by atomic mass is 10.4. The molecule has 14 heavy (non-hydrogen) atoms. The fraction of sp³-hybridized carbons (Fsp3) is 0.556. The number of hydrogen-bond donors (Lipinski definition) is 1. The van der Waals surface area contributed by atoms with Gasteiger partial charge in [0.25, 0.3) is 0 Å². The highest BCUT2D eigenvalue weighted by Gasteiger charge is 2.05. The highest BCUT2D eigenvalue weighted by atomic mass is 16.5. The van der Waals surface area contributed by atoms with Gasteiger partial charge in [-0.3, -0.25) is 9.48 Å². The minimum Gasteiger partial charge on any atom is -0.384 e. The monoisotopic (exact) mass is 197 g/mol. The minimum absolute atomic E-state index is 0.0787. The molecule has 0 atom stereocenters. The normalized spacial score (nSPS) is 10.2. The molecular formula is C9H15N3O2. The average molecular weight is 197 g/mol. The molecule has 0 unspecified atom stereocenters. The van der Waals surface area contributed by atoms with Gasteiger partial charge in [0.2, 0.25) is 5.91 Å². The Kier molecular flexibility index (Phi) is 3.64. The van der Waals surface area contributed by atoms with E-state index >= 15 is 0 Å². The van der Waals surface area contributed by atoms with E-state index in [1.165, 1.54) is 0 Å². The summed E-state index contributed by atoms with van der Waals surface area (Å²) in [5.41, 5.74) is 1.01. The van der Waals surface area contributed by atoms with Crippen LogP contribution in [-0.2, 0) is 16.6 Å². The highest BCUT2D eigenvalue weighted by molar-refractivity contribution is 5.89. The van der Waals surface area contributed by atoms with E-state index in [9.17, 15) is 4.79 Å². The third-order valence-corrected chi connectivity index (χ3v) is 1.91. The van der Waals surface area contributed by atoms with Crippen LogP contribution in [0.25, 0.3) is 0 Å². The van der Waals surface area contributed by atoms with E-state index in [1.54, 1.807) is 11.8 Å². The van der Waals surface area contributed by atoms with Crippen molar-refractivity contribution < 1.29 is 9.53 Å². The topological polar surface area (TPSA) is 56.1 Å². The van der Waals surface area contributed by atoms with Gasteiger partial charge in [0.1, 0.15) is 0 Å². The third-order valence-electron chi connectivity index (χ3n) is 1.91. The van der Waals surface area contributed by atoms with Crippen molar-refractivity contribution >= 4 is 11.7 Å². The van der Waals surface area contributed by atoms with Gasteiger partial charge in [-0.1, -0.05) is 0 Å². The van der Waals surface area contributed by atoms with Gasteiger partial charge in [-0.05, 0) is 6.92 Å². The van der Waals surface area contributed by atoms with E-state index in [0.717, 1.165) is 5.69 Å². The summed E-state index contributed by atoms with van der Waals surface area (Å²) < 4.78 is 6.51. The molecule has 1 heterocycles. The summed E-state index contributed by atoms with van der Waals surface area (Å²) in [7, 11) is 3.40. The van der Waals surface area contributed by atoms with Crippen molar-refractivity contribution in [1.82, 2.24) is 9.78 Å². The summed E-state index contributed by atoms with van der Waals surface area (Å²) in [5, 5.41) is 6.79. The van der Waals surface area contributed by atoms with Crippen molar-refractivity contribution in [2.45, 2.75) is 13.3 Å². The number of carbonyl (C=O) groups is 1. The maximum Gasteiger partial charge on any atom is 0.227 e. The summed E-state index contributed by atoms with van der Waals surface area (Å²) in [6.45, 7) is 2.36. The van der Waals surface area contributed by atoms with Gasteiger partial charge in [-0.15, -0.1) is 0 Å². The molecule has 0 saturated carbocycles. The zero-order valence-electron chi connectivity index (χ0n) is 8.70. The Hall–Kier alpha value is -1.36. The van der Waals surface area contributed by atoms with Crippen LogP contribution in [0.15, 0.2) is 6.07 Å². The van der Waals surface area contributed by atoms with Crippen molar-refractivity contribution in [2.75, 3.05) is 19.0 Å². The summed E-state index contributed by atoms with van der Waals surface area (Å²) >= 11 is 0. The van der Waals surface area contributed by atoms with Crippen LogP contribution in [0.1, 0.15) is 12.1 Å². The molecule has 78 valence electrons. The van der Waals surface area contributed by atoms with Gasteiger partial charge in [-0.25, -0.2) is 0 Å². The second kappa shape index (κ2) is 4.76. The summed E-state index contributed by atoms with van der Waals surface area (Å²) in [6, 6.07) is 1.82. The SMILES string of the molecule is COCCC(=O)Nc1cc(C)n(C)n1. The molecule has 5 heteroatoms. The molecule has 0 aliphatic rings. The molecule has 5 nitrogen and oxygen atoms in total. The molecule has 0 radical (unpaired) electrons. The minimum atomic E-state index is -0.0787. The number of hydrogen-bond acceptors (Lipinski definition) is 3. The molecule has 1 N–H and O–H groups in total. The molecule has 0 aliphatic carbocycles. The Morgan fingerprint density at radius 3 is 2.93 bits per heavy atom. The molecule has 0 spiro atoms. The second-order valence-electron chi connectivity index (χ2n) is 3.09. The number of carbonyl (C=O) groups excluding carboxylic acids is 1. The first kappa shape index (κ1) is 10.7. The van der Waals surface area contributed by atoms with Crippen LogP contribution >= 0.6 is 0 Å². The standard InChI is InChI=1S/C9H15N3O2/c1-7-6-8(11-12(7)2)10-9(13)4-5-14-3/h6H,4-5H2,1-3H3,(H,10,11,13). The van der Waals surface area contributed by atoms with Crippen molar-refractivity contribution in [3.8, 4) is 0 Å². The maximum absolute atomic E-state index is 11.3. The van der Waals surface area contributed by atoms with E-state index in [4.69, 9.17) is 4.74 Å². The summed E-state index contributed by atoms with van der Waals surface area (Å²) in [6.07, 6.45) is 0.353. The number of ether oxygens (including phenoxy) is 1. The fourth-order valence-corrected chi connectivity index (χ4v) is 1.02. The first-order valence-electron chi connectivity index (χ1n) is 4.43. The van der Waals surface area contributed by atoms with Crippen molar-refractivity contribution in [3.63, 3.8) is 0 Å². The number of methoxy groups -OCH3 is 1. The third kappa shape index (κ3) is 2.85. The number of nitrogens with zero attached hydrogens (tertiary/aromatic N) is 2. The largest absolute Gasteiger partial charge is 0.384 e. The number of anilines is 1. The molecular weight excluding hydrogens is 182 g/mol. The van der Waals surface area contributed by atoms with Gasteiger partial charge in [0.15, 0.2) is 5.82 Å². The van der Waals surface area contributed by atoms with Crippen molar-refractivity contribution in [2.24, 2.45) is 7.05 Å². The van der Waals surface area contributed by atoms with E-state index < -0.39 is 0 Å². The number of amides is 1. The maximum atomic E-state index is 11.3. The van der Waals surface area contributed by atoms with Crippen LogP contribution in [0.4, 0.5) is 5.82 Å². The van der Waals surface area contributed by atoms with E-state index in [0.29, 0.717) is 18.8 Å². The van der Waals surface area contributed by atoms with Gasteiger partial charge in [0.05, 0.1) is 13.0 Å². The fourth-order valence-electron chi connectivity index (χ4n) is 1.02. The van der Waals surface area contributed by atoms with Gasteiger partial charge >= 0.3 is 0 Å². The van der Waals surface area contributed by atoms with E-state index in [1.807, 2.05) is 20.0 Å². The Balaban J connectivity index is 2.48. The molecule has 0 fully saturated rings. The van der Waals surface area contributed by atoms with Crippen molar-refractivity contribution in [3.05, 3.63) is 11.8 Å². The van der Waals surface area contributed by atoms with Crippen LogP contribution in [-0.4, -0.2) is 29.4 Å². The predicted octanol–water partition coefficient (Wildman–Crippen LogP) is 0.704. The summed E-state index contributed by atoms with van der Waals surface area (Å²) in [5.74, 6) is 0.510. The smallest absolute Gasteiger partial charge is 0.227 e. The quantitative estimate of drug-likeness (QED) is 0.773. The molecule has 0 bridgehead atoms. The number of aromatic nitrogens is 2. The van der Waals surface area contributed by atoms with Gasteiger partial charge < -0.3 is 10.1 Å². The molecule has 1 amide bonds. The second-order valence-corrected chi connectivity index (χ2v) is 3.09. The molecule has 0 aliphatic heterocycles. The molecule has 0 saturated heterocycles. The zero-order chi connectivity index (χ0) is 10.6. The molecule has 0 aromatic carbocycles. The number of nitrogens with one attached hydrogen (secondary N) is 1. The van der Waals surface area contributed by atoms with Crippen LogP contribution in [0, 0.1) is 6.92 Å². The van der Waals surface area contributed by atoms with E-state index in [2.05, 4.69) is 10.4 Å². The van der Waals surface area contributed by atoms with Crippen LogP contribution < -0.4 is 5.32 Å². The molecule has 1 aromatic rings. The lowest BCUT2D eigenvalue weighted by Crippen LogP contribution is -2.14. The Morgan fingerprint density at radius 2 is 2.43 bits per heavy atom. The predicted molar refractivity (Wildman–Crippen MR) is 53.1 cm³/mol. The first-order chi connectivity index (χ1) is 6.63. The average Bonchev–Trinajstić information content (AvgIpc) is 2.42. The van der Waals surface area contributed by atoms with Crippen LogP contribution in [0.5, 0.6) is 0 Å². The van der Waals surface area contributed by atoms with Crippen LogP contribution in [0.2, 0.25) is 0 Å². The molecule has 1 rings (SSSR count).